The highest BCUT2D eigenvalue weighted by molar-refractivity contribution is 14.0. The minimum Gasteiger partial charge on any atom is -0.357 e. The van der Waals surface area contributed by atoms with Crippen LogP contribution in [0.4, 0.5) is 0 Å². The monoisotopic (exact) mass is 541 g/mol. The lowest BCUT2D eigenvalue weighted by Gasteiger charge is -2.35. The van der Waals surface area contributed by atoms with Crippen LogP contribution in [-0.4, -0.2) is 49.5 Å². The molecule has 0 radical (unpaired) electrons. The van der Waals surface area contributed by atoms with Crippen molar-refractivity contribution >= 4 is 35.8 Å². The van der Waals surface area contributed by atoms with E-state index in [2.05, 4.69) is 65.9 Å². The van der Waals surface area contributed by atoms with E-state index in [-0.39, 0.29) is 35.8 Å². The first kappa shape index (κ1) is 25.9. The maximum Gasteiger partial charge on any atom is 0.223 e. The molecule has 31 heavy (non-hydrogen) atoms. The highest BCUT2D eigenvalue weighted by Crippen LogP contribution is 2.28. The highest BCUT2D eigenvalue weighted by atomic mass is 127. The van der Waals surface area contributed by atoms with Crippen molar-refractivity contribution in [1.29, 1.82) is 0 Å². The van der Waals surface area contributed by atoms with Gasteiger partial charge in [0, 0.05) is 45.2 Å². The van der Waals surface area contributed by atoms with E-state index < -0.39 is 0 Å². The van der Waals surface area contributed by atoms with Crippen molar-refractivity contribution in [3.8, 4) is 0 Å². The number of carbonyl (C=O) groups excluding carboxylic acids is 1. The molecule has 1 aliphatic heterocycles. The first-order valence-corrected chi connectivity index (χ1v) is 11.6. The Balaban J connectivity index is 0.00000341. The van der Waals surface area contributed by atoms with E-state index in [9.17, 15) is 4.79 Å². The van der Waals surface area contributed by atoms with E-state index in [4.69, 9.17) is 4.99 Å². The normalized spacial score (nSPS) is 21.8. The lowest BCUT2D eigenvalue weighted by Crippen LogP contribution is -2.41. The van der Waals surface area contributed by atoms with E-state index in [0.717, 1.165) is 43.7 Å². The van der Waals surface area contributed by atoms with Gasteiger partial charge in [0.25, 0.3) is 0 Å². The van der Waals surface area contributed by atoms with Crippen LogP contribution in [0.2, 0.25) is 0 Å². The van der Waals surface area contributed by atoms with Crippen LogP contribution >= 0.6 is 24.0 Å². The number of rotatable bonds is 9. The maximum atomic E-state index is 11.7. The molecule has 7 heteroatoms. The van der Waals surface area contributed by atoms with Crippen molar-refractivity contribution in [3.05, 3.63) is 35.4 Å². The second-order valence-corrected chi connectivity index (χ2v) is 9.10. The molecule has 0 bridgehead atoms. The van der Waals surface area contributed by atoms with E-state index in [1.165, 1.54) is 30.6 Å². The Kier molecular flexibility index (Phi) is 11.1. The third kappa shape index (κ3) is 8.96. The van der Waals surface area contributed by atoms with Gasteiger partial charge in [-0.25, -0.2) is 4.99 Å². The van der Waals surface area contributed by atoms with Gasteiger partial charge < -0.3 is 16.0 Å². The van der Waals surface area contributed by atoms with Gasteiger partial charge in [0.05, 0.1) is 6.54 Å². The second-order valence-electron chi connectivity index (χ2n) is 9.10. The lowest BCUT2D eigenvalue weighted by molar-refractivity contribution is -0.122. The van der Waals surface area contributed by atoms with E-state index in [1.54, 1.807) is 0 Å². The molecule has 2 unspecified atom stereocenters. The van der Waals surface area contributed by atoms with Crippen LogP contribution in [0.15, 0.2) is 29.3 Å². The fourth-order valence-corrected chi connectivity index (χ4v) is 4.39. The number of guanidine groups is 1. The van der Waals surface area contributed by atoms with Gasteiger partial charge in [0.2, 0.25) is 5.91 Å². The largest absolute Gasteiger partial charge is 0.357 e. The molecular formula is C24H40IN5O. The zero-order chi connectivity index (χ0) is 21.3. The van der Waals surface area contributed by atoms with Crippen LogP contribution in [0.3, 0.4) is 0 Å². The number of halogens is 1. The molecule has 1 aromatic rings. The Labute approximate surface area is 205 Å². The molecule has 2 aliphatic rings. The summed E-state index contributed by atoms with van der Waals surface area (Å²) < 4.78 is 0. The van der Waals surface area contributed by atoms with Gasteiger partial charge in [0.1, 0.15) is 0 Å². The first-order valence-electron chi connectivity index (χ1n) is 11.6. The summed E-state index contributed by atoms with van der Waals surface area (Å²) in [7, 11) is 0. The number of aliphatic imine (C=N–C) groups is 1. The number of hydrogen-bond donors (Lipinski definition) is 3. The number of carbonyl (C=O) groups is 1. The van der Waals surface area contributed by atoms with E-state index in [0.29, 0.717) is 19.6 Å². The van der Waals surface area contributed by atoms with Crippen LogP contribution < -0.4 is 16.0 Å². The molecule has 1 saturated heterocycles. The Morgan fingerprint density at radius 1 is 1.03 bits per heavy atom. The Morgan fingerprint density at radius 2 is 1.68 bits per heavy atom. The van der Waals surface area contributed by atoms with Crippen molar-refractivity contribution in [2.75, 3.05) is 32.7 Å². The van der Waals surface area contributed by atoms with Crippen LogP contribution in [-0.2, 0) is 17.9 Å². The summed E-state index contributed by atoms with van der Waals surface area (Å²) in [6, 6.07) is 8.66. The molecule has 1 aromatic carbocycles. The fourth-order valence-electron chi connectivity index (χ4n) is 4.39. The topological polar surface area (TPSA) is 68.8 Å². The number of likely N-dealkylation sites (tertiary alicyclic amines) is 1. The first-order chi connectivity index (χ1) is 14.5. The number of nitrogens with zero attached hydrogens (tertiary/aromatic N) is 2. The van der Waals surface area contributed by atoms with Gasteiger partial charge in [-0.15, -0.1) is 24.0 Å². The zero-order valence-corrected chi connectivity index (χ0v) is 21.7. The van der Waals surface area contributed by atoms with Gasteiger partial charge >= 0.3 is 0 Å². The number of benzene rings is 1. The number of nitrogens with one attached hydrogen (secondary N) is 3. The van der Waals surface area contributed by atoms with Gasteiger partial charge in [-0.3, -0.25) is 9.69 Å². The highest BCUT2D eigenvalue weighted by Gasteiger charge is 2.29. The van der Waals surface area contributed by atoms with Crippen LogP contribution in [0.5, 0.6) is 0 Å². The summed E-state index contributed by atoms with van der Waals surface area (Å²) in [4.78, 5) is 19.1. The molecule has 2 fully saturated rings. The molecular weight excluding hydrogens is 501 g/mol. The standard InChI is InChI=1S/C24H39N5O.HI/c1-4-25-24(27-12-11-26-23(30)20-9-10-20)28-14-21-7-5-6-8-22(21)17-29-15-18(2)13-19(3)16-29;/h5-8,18-20H,4,9-17H2,1-3H3,(H,26,30)(H2,25,27,28);1H. The van der Waals surface area contributed by atoms with Gasteiger partial charge in [-0.2, -0.15) is 0 Å². The predicted molar refractivity (Wildman–Crippen MR) is 139 cm³/mol. The number of hydrogen-bond acceptors (Lipinski definition) is 3. The average molecular weight is 542 g/mol. The molecule has 174 valence electrons. The Bertz CT molecular complexity index is 712. The predicted octanol–water partition coefficient (Wildman–Crippen LogP) is 3.36. The quantitative estimate of drug-likeness (QED) is 0.194. The SMILES string of the molecule is CCNC(=NCc1ccccc1CN1CC(C)CC(C)C1)NCCNC(=O)C1CC1.I. The fraction of sp³-hybridized carbons (Fsp3) is 0.667. The summed E-state index contributed by atoms with van der Waals surface area (Å²) in [5.41, 5.74) is 2.65. The molecule has 3 rings (SSSR count). The third-order valence-corrected chi connectivity index (χ3v) is 5.87. The molecule has 1 saturated carbocycles. The van der Waals surface area contributed by atoms with Crippen molar-refractivity contribution in [2.45, 2.75) is 53.1 Å². The number of piperidine rings is 1. The molecule has 2 atom stereocenters. The van der Waals surface area contributed by atoms with Gasteiger partial charge in [-0.1, -0.05) is 38.1 Å². The summed E-state index contributed by atoms with van der Waals surface area (Å²) in [5.74, 6) is 2.78. The molecule has 0 aromatic heterocycles. The molecule has 0 spiro atoms. The Morgan fingerprint density at radius 3 is 2.32 bits per heavy atom. The Hall–Kier alpha value is -1.35. The average Bonchev–Trinajstić information content (AvgIpc) is 3.55. The van der Waals surface area contributed by atoms with Crippen molar-refractivity contribution < 1.29 is 4.79 Å². The van der Waals surface area contributed by atoms with Crippen LogP contribution in [0.25, 0.3) is 0 Å². The van der Waals surface area contributed by atoms with E-state index >= 15 is 0 Å². The summed E-state index contributed by atoms with van der Waals surface area (Å²) in [6.07, 6.45) is 3.41. The second kappa shape index (κ2) is 13.3. The van der Waals surface area contributed by atoms with Crippen molar-refractivity contribution in [3.63, 3.8) is 0 Å². The maximum absolute atomic E-state index is 11.7. The van der Waals surface area contributed by atoms with Gasteiger partial charge in [-0.05, 0) is 49.1 Å². The molecule has 6 nitrogen and oxygen atoms in total. The minimum atomic E-state index is 0. The lowest BCUT2D eigenvalue weighted by atomic mass is 9.91. The molecule has 3 N–H and O–H groups in total. The summed E-state index contributed by atoms with van der Waals surface area (Å²) >= 11 is 0. The van der Waals surface area contributed by atoms with Crippen LogP contribution in [0.1, 0.15) is 51.2 Å². The molecule has 1 aliphatic carbocycles. The van der Waals surface area contributed by atoms with Crippen molar-refractivity contribution in [2.24, 2.45) is 22.7 Å². The zero-order valence-electron chi connectivity index (χ0n) is 19.3. The summed E-state index contributed by atoms with van der Waals surface area (Å²) in [6.45, 7) is 12.9. The minimum absolute atomic E-state index is 0. The van der Waals surface area contributed by atoms with Crippen LogP contribution in [0, 0.1) is 17.8 Å². The number of amides is 1. The molecule has 1 amide bonds. The van der Waals surface area contributed by atoms with Gasteiger partial charge in [0.15, 0.2) is 5.96 Å². The van der Waals surface area contributed by atoms with E-state index in [1.807, 2.05) is 0 Å². The smallest absolute Gasteiger partial charge is 0.223 e. The molecule has 1 heterocycles. The summed E-state index contributed by atoms with van der Waals surface area (Å²) in [5, 5.41) is 9.62. The third-order valence-electron chi connectivity index (χ3n) is 5.87. The van der Waals surface area contributed by atoms with Crippen molar-refractivity contribution in [1.82, 2.24) is 20.9 Å².